The summed E-state index contributed by atoms with van der Waals surface area (Å²) in [5.41, 5.74) is 0. The van der Waals surface area contributed by atoms with Crippen molar-refractivity contribution >= 4 is 5.95 Å². The van der Waals surface area contributed by atoms with E-state index in [2.05, 4.69) is 27.1 Å². The monoisotopic (exact) mass is 252 g/mol. The molecule has 0 saturated carbocycles. The molecule has 1 aliphatic heterocycles. The van der Waals surface area contributed by atoms with Crippen LogP contribution in [0.3, 0.4) is 0 Å². The number of ether oxygens (including phenoxy) is 2. The molecule has 1 aliphatic rings. The second-order valence-corrected chi connectivity index (χ2v) is 4.30. The van der Waals surface area contributed by atoms with Crippen molar-refractivity contribution in [2.24, 2.45) is 0 Å². The fourth-order valence-corrected chi connectivity index (χ4v) is 2.10. The molecular weight excluding hydrogens is 232 g/mol. The zero-order valence-corrected chi connectivity index (χ0v) is 11.1. The van der Waals surface area contributed by atoms with Gasteiger partial charge in [-0.25, -0.2) is 0 Å². The maximum absolute atomic E-state index is 5.12. The summed E-state index contributed by atoms with van der Waals surface area (Å²) in [6.45, 7) is 5.41. The number of hydrogen-bond donors (Lipinski definition) is 1. The van der Waals surface area contributed by atoms with E-state index in [9.17, 15) is 0 Å². The fourth-order valence-electron chi connectivity index (χ4n) is 2.10. The third-order valence-electron chi connectivity index (χ3n) is 3.15. The Labute approximate surface area is 107 Å². The van der Waals surface area contributed by atoms with Gasteiger partial charge < -0.3 is 19.7 Å². The number of aromatic nitrogens is 2. The summed E-state index contributed by atoms with van der Waals surface area (Å²) >= 11 is 0. The van der Waals surface area contributed by atoms with Gasteiger partial charge in [-0.05, 0) is 13.0 Å². The smallest absolute Gasteiger partial charge is 0.229 e. The van der Waals surface area contributed by atoms with Crippen molar-refractivity contribution in [1.29, 1.82) is 0 Å². The van der Waals surface area contributed by atoms with Gasteiger partial charge in [-0.1, -0.05) is 6.92 Å². The predicted molar refractivity (Wildman–Crippen MR) is 69.3 cm³/mol. The van der Waals surface area contributed by atoms with Crippen LogP contribution in [0.1, 0.15) is 13.3 Å². The third-order valence-corrected chi connectivity index (χ3v) is 3.15. The summed E-state index contributed by atoms with van der Waals surface area (Å²) in [5, 5.41) is 3.33. The standard InChI is InChI=1S/C12H20N4O2/c1-4-16-6-5-9(8-16)13-12-14-10(17-2)7-11(15-12)18-3/h7,9H,4-6,8H2,1-3H3,(H,13,14,15). The summed E-state index contributed by atoms with van der Waals surface area (Å²) in [6, 6.07) is 2.06. The molecule has 1 unspecified atom stereocenters. The largest absolute Gasteiger partial charge is 0.481 e. The molecule has 0 amide bonds. The molecule has 0 aliphatic carbocycles. The number of nitrogens with zero attached hydrogens (tertiary/aromatic N) is 3. The summed E-state index contributed by atoms with van der Waals surface area (Å²) in [6.07, 6.45) is 1.11. The van der Waals surface area contributed by atoms with E-state index in [0.717, 1.165) is 26.1 Å². The van der Waals surface area contributed by atoms with Gasteiger partial charge in [-0.2, -0.15) is 9.97 Å². The molecule has 2 rings (SSSR count). The number of nitrogens with one attached hydrogen (secondary N) is 1. The second kappa shape index (κ2) is 5.86. The first-order valence-electron chi connectivity index (χ1n) is 6.21. The number of methoxy groups -OCH3 is 2. The molecule has 2 heterocycles. The highest BCUT2D eigenvalue weighted by Crippen LogP contribution is 2.19. The minimum absolute atomic E-state index is 0.391. The highest BCUT2D eigenvalue weighted by Gasteiger charge is 2.21. The number of anilines is 1. The Hall–Kier alpha value is -1.56. The van der Waals surface area contributed by atoms with Gasteiger partial charge in [-0.3, -0.25) is 0 Å². The lowest BCUT2D eigenvalue weighted by molar-refractivity contribution is 0.355. The van der Waals surface area contributed by atoms with Crippen LogP contribution in [0.4, 0.5) is 5.95 Å². The van der Waals surface area contributed by atoms with Gasteiger partial charge in [0.05, 0.1) is 20.3 Å². The molecule has 6 heteroatoms. The normalized spacial score (nSPS) is 19.8. The molecule has 6 nitrogen and oxygen atoms in total. The second-order valence-electron chi connectivity index (χ2n) is 4.30. The number of rotatable bonds is 5. The molecular formula is C12H20N4O2. The molecule has 0 bridgehead atoms. The van der Waals surface area contributed by atoms with Crippen LogP contribution < -0.4 is 14.8 Å². The molecule has 1 N–H and O–H groups in total. The third kappa shape index (κ3) is 3.01. The SMILES string of the molecule is CCN1CCC(Nc2nc(OC)cc(OC)n2)C1. The number of hydrogen-bond acceptors (Lipinski definition) is 6. The Balaban J connectivity index is 2.04. The van der Waals surface area contributed by atoms with E-state index in [1.54, 1.807) is 20.3 Å². The van der Waals surface area contributed by atoms with Gasteiger partial charge in [0.15, 0.2) is 0 Å². The lowest BCUT2D eigenvalue weighted by atomic mass is 10.3. The number of likely N-dealkylation sites (tertiary alicyclic amines) is 1. The first-order chi connectivity index (χ1) is 8.75. The summed E-state index contributed by atoms with van der Waals surface area (Å²) in [5.74, 6) is 1.58. The van der Waals surface area contributed by atoms with Crippen molar-refractivity contribution in [2.45, 2.75) is 19.4 Å². The predicted octanol–water partition coefficient (Wildman–Crippen LogP) is 1.000. The summed E-state index contributed by atoms with van der Waals surface area (Å²) < 4.78 is 10.2. The van der Waals surface area contributed by atoms with Gasteiger partial charge in [0.2, 0.25) is 17.7 Å². The Morgan fingerprint density at radius 2 is 2.00 bits per heavy atom. The Bertz CT molecular complexity index is 377. The molecule has 0 aromatic carbocycles. The Morgan fingerprint density at radius 1 is 1.33 bits per heavy atom. The van der Waals surface area contributed by atoms with Crippen LogP contribution in [0.15, 0.2) is 6.07 Å². The lowest BCUT2D eigenvalue weighted by Gasteiger charge is -2.15. The first kappa shape index (κ1) is 12.9. The van der Waals surface area contributed by atoms with Crippen molar-refractivity contribution in [3.05, 3.63) is 6.07 Å². The highest BCUT2D eigenvalue weighted by atomic mass is 16.5. The zero-order chi connectivity index (χ0) is 13.0. The summed E-state index contributed by atoms with van der Waals surface area (Å²) in [7, 11) is 3.17. The number of likely N-dealkylation sites (N-methyl/N-ethyl adjacent to an activating group) is 1. The van der Waals surface area contributed by atoms with E-state index in [4.69, 9.17) is 9.47 Å². The molecule has 1 aromatic rings. The molecule has 100 valence electrons. The van der Waals surface area contributed by atoms with Crippen molar-refractivity contribution in [3.63, 3.8) is 0 Å². The van der Waals surface area contributed by atoms with Gasteiger partial charge in [0, 0.05) is 19.1 Å². The van der Waals surface area contributed by atoms with Gasteiger partial charge >= 0.3 is 0 Å². The first-order valence-corrected chi connectivity index (χ1v) is 6.21. The van der Waals surface area contributed by atoms with E-state index < -0.39 is 0 Å². The highest BCUT2D eigenvalue weighted by molar-refractivity contribution is 5.34. The average molecular weight is 252 g/mol. The van der Waals surface area contributed by atoms with Crippen LogP contribution in [-0.2, 0) is 0 Å². The van der Waals surface area contributed by atoms with E-state index in [1.807, 2.05) is 0 Å². The van der Waals surface area contributed by atoms with E-state index in [0.29, 0.717) is 23.8 Å². The average Bonchev–Trinajstić information content (AvgIpc) is 2.85. The van der Waals surface area contributed by atoms with Gasteiger partial charge in [0.25, 0.3) is 0 Å². The molecule has 1 saturated heterocycles. The zero-order valence-electron chi connectivity index (χ0n) is 11.1. The van der Waals surface area contributed by atoms with Crippen LogP contribution >= 0.6 is 0 Å². The Morgan fingerprint density at radius 3 is 2.50 bits per heavy atom. The molecule has 1 aromatic heterocycles. The maximum Gasteiger partial charge on any atom is 0.229 e. The van der Waals surface area contributed by atoms with E-state index >= 15 is 0 Å². The van der Waals surface area contributed by atoms with Crippen molar-refractivity contribution in [1.82, 2.24) is 14.9 Å². The summed E-state index contributed by atoms with van der Waals surface area (Å²) in [4.78, 5) is 10.9. The maximum atomic E-state index is 5.12. The fraction of sp³-hybridized carbons (Fsp3) is 0.667. The van der Waals surface area contributed by atoms with Gasteiger partial charge in [0.1, 0.15) is 0 Å². The van der Waals surface area contributed by atoms with Crippen LogP contribution in [-0.4, -0.2) is 54.8 Å². The topological polar surface area (TPSA) is 59.5 Å². The minimum Gasteiger partial charge on any atom is -0.481 e. The van der Waals surface area contributed by atoms with Crippen LogP contribution in [0.2, 0.25) is 0 Å². The molecule has 1 fully saturated rings. The van der Waals surface area contributed by atoms with Gasteiger partial charge in [-0.15, -0.1) is 0 Å². The molecule has 18 heavy (non-hydrogen) atoms. The quantitative estimate of drug-likeness (QED) is 0.843. The molecule has 1 atom stereocenters. The van der Waals surface area contributed by atoms with Crippen LogP contribution in [0.5, 0.6) is 11.8 Å². The molecule has 0 spiro atoms. The van der Waals surface area contributed by atoms with Crippen molar-refractivity contribution < 1.29 is 9.47 Å². The van der Waals surface area contributed by atoms with Crippen molar-refractivity contribution in [3.8, 4) is 11.8 Å². The molecule has 0 radical (unpaired) electrons. The van der Waals surface area contributed by atoms with E-state index in [1.165, 1.54) is 0 Å². The lowest BCUT2D eigenvalue weighted by Crippen LogP contribution is -2.26. The van der Waals surface area contributed by atoms with Crippen molar-refractivity contribution in [2.75, 3.05) is 39.2 Å². The van der Waals surface area contributed by atoms with Crippen LogP contribution in [0.25, 0.3) is 0 Å². The minimum atomic E-state index is 0.391. The van der Waals surface area contributed by atoms with E-state index in [-0.39, 0.29) is 0 Å². The van der Waals surface area contributed by atoms with Crippen LogP contribution in [0, 0.1) is 0 Å². The Kier molecular flexibility index (Phi) is 4.19.